The van der Waals surface area contributed by atoms with Gasteiger partial charge in [-0.1, -0.05) is 24.3 Å². The number of nitrogens with one attached hydrogen (secondary N) is 1. The van der Waals surface area contributed by atoms with Crippen LogP contribution >= 0.6 is 0 Å². The third-order valence-electron chi connectivity index (χ3n) is 4.07. The smallest absolute Gasteiger partial charge is 0.264 e. The SMILES string of the molecule is CS(=O)(=O)CCN(c1cccc2[nH]cc(C#N)c12)S(=O)(=O)c1ccccc1. The fourth-order valence-electron chi connectivity index (χ4n) is 2.80. The molecule has 0 aliphatic carbocycles. The maximum absolute atomic E-state index is 13.3. The molecule has 0 unspecified atom stereocenters. The molecule has 27 heavy (non-hydrogen) atoms. The first-order chi connectivity index (χ1) is 12.7. The van der Waals surface area contributed by atoms with Crippen LogP contribution in [0.2, 0.25) is 0 Å². The largest absolute Gasteiger partial charge is 0.360 e. The van der Waals surface area contributed by atoms with Gasteiger partial charge in [-0.3, -0.25) is 4.31 Å². The van der Waals surface area contributed by atoms with Crippen LogP contribution in [0.3, 0.4) is 0 Å². The number of aromatic nitrogens is 1. The molecule has 1 N–H and O–H groups in total. The highest BCUT2D eigenvalue weighted by atomic mass is 32.2. The molecule has 0 saturated heterocycles. The number of hydrogen-bond acceptors (Lipinski definition) is 5. The summed E-state index contributed by atoms with van der Waals surface area (Å²) in [5.74, 6) is -0.345. The normalized spacial score (nSPS) is 12.0. The summed E-state index contributed by atoms with van der Waals surface area (Å²) < 4.78 is 50.9. The van der Waals surface area contributed by atoms with E-state index in [1.54, 1.807) is 36.4 Å². The predicted octanol–water partition coefficient (Wildman–Crippen LogP) is 2.28. The molecule has 0 spiro atoms. The van der Waals surface area contributed by atoms with E-state index in [9.17, 15) is 22.1 Å². The molecule has 1 heterocycles. The zero-order valence-corrected chi connectivity index (χ0v) is 16.1. The second kappa shape index (κ2) is 7.06. The van der Waals surface area contributed by atoms with Gasteiger partial charge in [0.25, 0.3) is 10.0 Å². The second-order valence-corrected chi connectivity index (χ2v) is 10.2. The third kappa shape index (κ3) is 3.82. The monoisotopic (exact) mass is 403 g/mol. The lowest BCUT2D eigenvalue weighted by atomic mass is 10.1. The van der Waals surface area contributed by atoms with Gasteiger partial charge in [0.05, 0.1) is 21.9 Å². The molecule has 0 radical (unpaired) electrons. The maximum atomic E-state index is 13.3. The zero-order chi connectivity index (χ0) is 19.7. The van der Waals surface area contributed by atoms with Crippen molar-refractivity contribution in [1.82, 2.24) is 4.98 Å². The summed E-state index contributed by atoms with van der Waals surface area (Å²) in [7, 11) is -7.43. The van der Waals surface area contributed by atoms with E-state index in [0.29, 0.717) is 10.9 Å². The number of H-pyrrole nitrogens is 1. The average Bonchev–Trinajstić information content (AvgIpc) is 3.05. The van der Waals surface area contributed by atoms with Gasteiger partial charge in [-0.25, -0.2) is 16.8 Å². The fourth-order valence-corrected chi connectivity index (χ4v) is 4.93. The van der Waals surface area contributed by atoms with Gasteiger partial charge in [0, 0.05) is 29.9 Å². The molecule has 3 aromatic rings. The number of benzene rings is 2. The molecule has 7 nitrogen and oxygen atoms in total. The lowest BCUT2D eigenvalue weighted by Crippen LogP contribution is -2.35. The maximum Gasteiger partial charge on any atom is 0.264 e. The Labute approximate surface area is 157 Å². The Morgan fingerprint density at radius 2 is 1.74 bits per heavy atom. The number of hydrogen-bond donors (Lipinski definition) is 1. The minimum absolute atomic E-state index is 0.0459. The molecular formula is C18H17N3O4S2. The summed E-state index contributed by atoms with van der Waals surface area (Å²) in [6, 6.07) is 14.8. The van der Waals surface area contributed by atoms with Crippen molar-refractivity contribution in [2.75, 3.05) is 22.9 Å². The first-order valence-corrected chi connectivity index (χ1v) is 11.5. The Balaban J connectivity index is 2.23. The van der Waals surface area contributed by atoms with Gasteiger partial charge >= 0.3 is 0 Å². The molecule has 140 valence electrons. The highest BCUT2D eigenvalue weighted by Gasteiger charge is 2.28. The van der Waals surface area contributed by atoms with Gasteiger partial charge in [-0.05, 0) is 24.3 Å². The molecule has 0 aliphatic rings. The lowest BCUT2D eigenvalue weighted by Gasteiger charge is -2.25. The van der Waals surface area contributed by atoms with Gasteiger partial charge in [-0.15, -0.1) is 0 Å². The molecule has 9 heteroatoms. The van der Waals surface area contributed by atoms with Gasteiger partial charge in [0.2, 0.25) is 0 Å². The van der Waals surface area contributed by atoms with Gasteiger partial charge in [-0.2, -0.15) is 5.26 Å². The lowest BCUT2D eigenvalue weighted by molar-refractivity contribution is 0.590. The summed E-state index contributed by atoms with van der Waals surface area (Å²) in [6.07, 6.45) is 2.55. The quantitative estimate of drug-likeness (QED) is 0.679. The predicted molar refractivity (Wildman–Crippen MR) is 104 cm³/mol. The van der Waals surface area contributed by atoms with Crippen LogP contribution in [0.1, 0.15) is 5.56 Å². The van der Waals surface area contributed by atoms with Gasteiger partial charge in [0.1, 0.15) is 15.9 Å². The fraction of sp³-hybridized carbons (Fsp3) is 0.167. The van der Waals surface area contributed by atoms with Crippen molar-refractivity contribution in [3.63, 3.8) is 0 Å². The first kappa shape index (κ1) is 18.9. The second-order valence-electron chi connectivity index (χ2n) is 6.03. The van der Waals surface area contributed by atoms with Crippen molar-refractivity contribution in [2.45, 2.75) is 4.90 Å². The van der Waals surface area contributed by atoms with Crippen molar-refractivity contribution in [3.8, 4) is 6.07 Å². The standard InChI is InChI=1S/C18H17N3O4S2/c1-26(22,23)11-10-21(27(24,25)15-6-3-2-4-7-15)17-9-5-8-16-18(17)14(12-19)13-20-16/h2-9,13,20H,10-11H2,1H3. The molecule has 0 fully saturated rings. The highest BCUT2D eigenvalue weighted by molar-refractivity contribution is 7.93. The van der Waals surface area contributed by atoms with Crippen LogP contribution in [-0.4, -0.2) is 40.4 Å². The Bertz CT molecular complexity index is 1220. The third-order valence-corrected chi connectivity index (χ3v) is 6.82. The number of nitrogens with zero attached hydrogens (tertiary/aromatic N) is 2. The number of aromatic amines is 1. The molecule has 0 saturated carbocycles. The van der Waals surface area contributed by atoms with E-state index in [0.717, 1.165) is 10.6 Å². The topological polar surface area (TPSA) is 111 Å². The Morgan fingerprint density at radius 3 is 2.37 bits per heavy atom. The van der Waals surface area contributed by atoms with E-state index >= 15 is 0 Å². The first-order valence-electron chi connectivity index (χ1n) is 8.00. The number of nitriles is 1. The van der Waals surface area contributed by atoms with Crippen LogP contribution in [0, 0.1) is 11.3 Å². The Morgan fingerprint density at radius 1 is 1.04 bits per heavy atom. The van der Waals surface area contributed by atoms with E-state index in [-0.39, 0.29) is 28.4 Å². The van der Waals surface area contributed by atoms with E-state index in [1.807, 2.05) is 6.07 Å². The minimum atomic E-state index is -4.03. The van der Waals surface area contributed by atoms with E-state index < -0.39 is 19.9 Å². The molecule has 0 atom stereocenters. The Kier molecular flexibility index (Phi) is 4.95. The summed E-state index contributed by atoms with van der Waals surface area (Å²) in [5.41, 5.74) is 1.14. The number of sulfonamides is 1. The molecule has 0 bridgehead atoms. The molecule has 3 rings (SSSR count). The van der Waals surface area contributed by atoms with Crippen molar-refractivity contribution in [1.29, 1.82) is 5.26 Å². The average molecular weight is 403 g/mol. The molecule has 2 aromatic carbocycles. The van der Waals surface area contributed by atoms with Crippen LogP contribution in [-0.2, 0) is 19.9 Å². The van der Waals surface area contributed by atoms with E-state index in [4.69, 9.17) is 0 Å². The van der Waals surface area contributed by atoms with Crippen LogP contribution in [0.4, 0.5) is 5.69 Å². The van der Waals surface area contributed by atoms with E-state index in [1.165, 1.54) is 18.3 Å². The highest BCUT2D eigenvalue weighted by Crippen LogP contribution is 2.33. The summed E-state index contributed by atoms with van der Waals surface area (Å²) >= 11 is 0. The van der Waals surface area contributed by atoms with Crippen molar-refractivity contribution in [3.05, 3.63) is 60.3 Å². The number of fused-ring (bicyclic) bond motifs is 1. The summed E-state index contributed by atoms with van der Waals surface area (Å²) in [6.45, 7) is -0.259. The number of rotatable bonds is 6. The minimum Gasteiger partial charge on any atom is -0.360 e. The molecule has 1 aromatic heterocycles. The molecular weight excluding hydrogens is 386 g/mol. The molecule has 0 aliphatic heterocycles. The summed E-state index contributed by atoms with van der Waals surface area (Å²) in [4.78, 5) is 2.98. The van der Waals surface area contributed by atoms with Crippen LogP contribution in [0.15, 0.2) is 59.6 Å². The number of sulfone groups is 1. The van der Waals surface area contributed by atoms with Crippen molar-refractivity contribution >= 4 is 36.5 Å². The van der Waals surface area contributed by atoms with Crippen molar-refractivity contribution < 1.29 is 16.8 Å². The van der Waals surface area contributed by atoms with Crippen LogP contribution in [0.25, 0.3) is 10.9 Å². The van der Waals surface area contributed by atoms with Crippen LogP contribution < -0.4 is 4.31 Å². The number of anilines is 1. The molecule has 0 amide bonds. The Hall–Kier alpha value is -2.83. The zero-order valence-electron chi connectivity index (χ0n) is 14.5. The van der Waals surface area contributed by atoms with Gasteiger partial charge in [0.15, 0.2) is 0 Å². The summed E-state index contributed by atoms with van der Waals surface area (Å²) in [5, 5.41) is 9.81. The van der Waals surface area contributed by atoms with Crippen LogP contribution in [0.5, 0.6) is 0 Å². The van der Waals surface area contributed by atoms with Gasteiger partial charge < -0.3 is 4.98 Å². The van der Waals surface area contributed by atoms with Crippen molar-refractivity contribution in [2.24, 2.45) is 0 Å². The van der Waals surface area contributed by atoms with E-state index in [2.05, 4.69) is 4.98 Å².